The maximum atomic E-state index is 4.10. The number of aryl methyl sites for hydroxylation is 1. The molecule has 0 aliphatic heterocycles. The Bertz CT molecular complexity index is 223. The second-order valence-corrected chi connectivity index (χ2v) is 2.20. The molecule has 0 bridgehead atoms. The lowest BCUT2D eigenvalue weighted by atomic mass is 10.5. The van der Waals surface area contributed by atoms with Crippen LogP contribution in [0.3, 0.4) is 0 Å². The van der Waals surface area contributed by atoms with Crippen LogP contribution in [-0.2, 0) is 6.54 Å². The van der Waals surface area contributed by atoms with Crippen molar-refractivity contribution in [3.8, 4) is 0 Å². The van der Waals surface area contributed by atoms with Crippen LogP contribution in [0.15, 0.2) is 24.5 Å². The number of aromatic nitrogens is 2. The lowest BCUT2D eigenvalue weighted by molar-refractivity contribution is 0.780. The highest BCUT2D eigenvalue weighted by Gasteiger charge is 1.90. The molecule has 0 amide bonds. The van der Waals surface area contributed by atoms with Crippen molar-refractivity contribution in [1.82, 2.24) is 9.55 Å². The zero-order chi connectivity index (χ0) is 7.40. The number of hydrogen-bond donors (Lipinski definition) is 0. The Morgan fingerprint density at radius 3 is 3.00 bits per heavy atom. The first-order chi connectivity index (χ1) is 4.84. The second kappa shape index (κ2) is 3.20. The second-order valence-electron chi connectivity index (χ2n) is 2.20. The van der Waals surface area contributed by atoms with Gasteiger partial charge in [-0.15, -0.1) is 0 Å². The van der Waals surface area contributed by atoms with E-state index in [2.05, 4.69) is 15.6 Å². The first-order valence-electron chi connectivity index (χ1n) is 3.43. The van der Waals surface area contributed by atoms with Crippen molar-refractivity contribution >= 4 is 0 Å². The highest BCUT2D eigenvalue weighted by Crippen LogP contribution is 1.94. The van der Waals surface area contributed by atoms with E-state index in [-0.39, 0.29) is 0 Å². The molecule has 0 fully saturated rings. The van der Waals surface area contributed by atoms with E-state index in [1.807, 2.05) is 32.3 Å². The van der Waals surface area contributed by atoms with Crippen molar-refractivity contribution in [2.75, 3.05) is 0 Å². The van der Waals surface area contributed by atoms with Gasteiger partial charge in [0.15, 0.2) is 0 Å². The highest BCUT2D eigenvalue weighted by molar-refractivity contribution is 4.91. The monoisotopic (exact) mass is 136 g/mol. The standard InChI is InChI=1S/C8H12N2/c1-3-4-6-10-7-5-9-8(10)2/h3-5,7H,6H2,1-2H3. The third-order valence-electron chi connectivity index (χ3n) is 1.46. The molecule has 2 nitrogen and oxygen atoms in total. The summed E-state index contributed by atoms with van der Waals surface area (Å²) in [5, 5.41) is 0. The Hall–Kier alpha value is -1.05. The fourth-order valence-corrected chi connectivity index (χ4v) is 0.816. The van der Waals surface area contributed by atoms with Gasteiger partial charge in [0.25, 0.3) is 0 Å². The Morgan fingerprint density at radius 2 is 2.50 bits per heavy atom. The van der Waals surface area contributed by atoms with Gasteiger partial charge in [-0.2, -0.15) is 0 Å². The molecule has 54 valence electrons. The molecule has 1 aromatic rings. The summed E-state index contributed by atoms with van der Waals surface area (Å²) in [4.78, 5) is 4.10. The molecule has 0 atom stereocenters. The molecule has 0 saturated carbocycles. The topological polar surface area (TPSA) is 17.8 Å². The van der Waals surface area contributed by atoms with Gasteiger partial charge in [-0.05, 0) is 13.8 Å². The molecule has 0 spiro atoms. The summed E-state index contributed by atoms with van der Waals surface area (Å²) in [5.41, 5.74) is 0. The van der Waals surface area contributed by atoms with Crippen LogP contribution in [0.25, 0.3) is 0 Å². The normalized spacial score (nSPS) is 11.0. The third kappa shape index (κ3) is 1.47. The predicted molar refractivity (Wildman–Crippen MR) is 41.8 cm³/mol. The van der Waals surface area contributed by atoms with Crippen LogP contribution < -0.4 is 0 Å². The van der Waals surface area contributed by atoms with E-state index < -0.39 is 0 Å². The minimum atomic E-state index is 0.933. The summed E-state index contributed by atoms with van der Waals surface area (Å²) in [6.45, 7) is 4.96. The molecule has 1 aromatic heterocycles. The molecule has 2 heteroatoms. The number of allylic oxidation sites excluding steroid dienone is 2. The van der Waals surface area contributed by atoms with Gasteiger partial charge in [0.05, 0.1) is 0 Å². The average Bonchev–Trinajstić information content (AvgIpc) is 2.31. The maximum absolute atomic E-state index is 4.10. The summed E-state index contributed by atoms with van der Waals surface area (Å²) in [6, 6.07) is 0. The van der Waals surface area contributed by atoms with E-state index in [1.165, 1.54) is 0 Å². The van der Waals surface area contributed by atoms with E-state index in [0.717, 1.165) is 12.4 Å². The largest absolute Gasteiger partial charge is 0.331 e. The lowest BCUT2D eigenvalue weighted by Gasteiger charge is -1.97. The molecular formula is C8H12N2. The van der Waals surface area contributed by atoms with Gasteiger partial charge < -0.3 is 4.57 Å². The van der Waals surface area contributed by atoms with Crippen LogP contribution in [0.5, 0.6) is 0 Å². The highest BCUT2D eigenvalue weighted by atomic mass is 15.0. The number of hydrogen-bond acceptors (Lipinski definition) is 1. The molecule has 1 heterocycles. The van der Waals surface area contributed by atoms with Crippen molar-refractivity contribution < 1.29 is 0 Å². The first kappa shape index (κ1) is 7.06. The van der Waals surface area contributed by atoms with E-state index in [0.29, 0.717) is 0 Å². The maximum Gasteiger partial charge on any atom is 0.105 e. The van der Waals surface area contributed by atoms with Crippen LogP contribution in [0.2, 0.25) is 0 Å². The predicted octanol–water partition coefficient (Wildman–Crippen LogP) is 1.77. The molecule has 0 saturated heterocycles. The molecule has 0 aromatic carbocycles. The Kier molecular flexibility index (Phi) is 2.26. The molecule has 10 heavy (non-hydrogen) atoms. The molecular weight excluding hydrogens is 124 g/mol. The number of nitrogens with zero attached hydrogens (tertiary/aromatic N) is 2. The van der Waals surface area contributed by atoms with Gasteiger partial charge >= 0.3 is 0 Å². The van der Waals surface area contributed by atoms with E-state index in [4.69, 9.17) is 0 Å². The first-order valence-corrected chi connectivity index (χ1v) is 3.43. The summed E-state index contributed by atoms with van der Waals surface area (Å²) in [7, 11) is 0. The van der Waals surface area contributed by atoms with E-state index in [9.17, 15) is 0 Å². The van der Waals surface area contributed by atoms with Crippen LogP contribution in [0, 0.1) is 6.92 Å². The lowest BCUT2D eigenvalue weighted by Crippen LogP contribution is -1.95. The summed E-state index contributed by atoms with van der Waals surface area (Å²) >= 11 is 0. The van der Waals surface area contributed by atoms with Crippen molar-refractivity contribution in [3.05, 3.63) is 30.4 Å². The molecule has 0 aliphatic carbocycles. The van der Waals surface area contributed by atoms with Crippen LogP contribution in [0.1, 0.15) is 12.7 Å². The minimum Gasteiger partial charge on any atom is -0.331 e. The van der Waals surface area contributed by atoms with Crippen molar-refractivity contribution in [3.63, 3.8) is 0 Å². The Labute approximate surface area is 61.2 Å². The van der Waals surface area contributed by atoms with Gasteiger partial charge in [0.1, 0.15) is 5.82 Å². The van der Waals surface area contributed by atoms with Gasteiger partial charge in [-0.3, -0.25) is 0 Å². The fraction of sp³-hybridized carbons (Fsp3) is 0.375. The zero-order valence-electron chi connectivity index (χ0n) is 6.41. The molecule has 0 N–H and O–H groups in total. The van der Waals surface area contributed by atoms with E-state index >= 15 is 0 Å². The molecule has 0 aliphatic rings. The smallest absolute Gasteiger partial charge is 0.105 e. The SMILES string of the molecule is CC=CCn1ccnc1C. The molecule has 1 rings (SSSR count). The van der Waals surface area contributed by atoms with Gasteiger partial charge in [0, 0.05) is 18.9 Å². The quantitative estimate of drug-likeness (QED) is 0.566. The van der Waals surface area contributed by atoms with Gasteiger partial charge in [-0.25, -0.2) is 4.98 Å². The van der Waals surface area contributed by atoms with Gasteiger partial charge in [-0.1, -0.05) is 12.2 Å². The van der Waals surface area contributed by atoms with Crippen LogP contribution >= 0.6 is 0 Å². The number of imidazole rings is 1. The summed E-state index contributed by atoms with van der Waals surface area (Å²) in [5.74, 6) is 1.07. The van der Waals surface area contributed by atoms with E-state index in [1.54, 1.807) is 0 Å². The van der Waals surface area contributed by atoms with Crippen molar-refractivity contribution in [1.29, 1.82) is 0 Å². The third-order valence-corrected chi connectivity index (χ3v) is 1.46. The summed E-state index contributed by atoms with van der Waals surface area (Å²) < 4.78 is 2.10. The van der Waals surface area contributed by atoms with Crippen molar-refractivity contribution in [2.24, 2.45) is 0 Å². The van der Waals surface area contributed by atoms with Crippen molar-refractivity contribution in [2.45, 2.75) is 20.4 Å². The summed E-state index contributed by atoms with van der Waals surface area (Å²) in [6.07, 6.45) is 7.95. The average molecular weight is 136 g/mol. The minimum absolute atomic E-state index is 0.933. The molecule has 0 radical (unpaired) electrons. The van der Waals surface area contributed by atoms with Crippen LogP contribution in [0.4, 0.5) is 0 Å². The fourth-order valence-electron chi connectivity index (χ4n) is 0.816. The van der Waals surface area contributed by atoms with Gasteiger partial charge in [0.2, 0.25) is 0 Å². The zero-order valence-corrected chi connectivity index (χ0v) is 6.41. The Balaban J connectivity index is 2.65. The number of rotatable bonds is 2. The Morgan fingerprint density at radius 1 is 1.70 bits per heavy atom. The van der Waals surface area contributed by atoms with Crippen LogP contribution in [-0.4, -0.2) is 9.55 Å². The molecule has 0 unspecified atom stereocenters.